The molecule has 0 N–H and O–H groups in total. The minimum absolute atomic E-state index is 0.239. The Morgan fingerprint density at radius 3 is 2.67 bits per heavy atom. The third-order valence-corrected chi connectivity index (χ3v) is 4.06. The lowest BCUT2D eigenvalue weighted by molar-refractivity contribution is 0.460. The molecule has 1 aromatic carbocycles. The van der Waals surface area contributed by atoms with Gasteiger partial charge in [-0.2, -0.15) is 0 Å². The van der Waals surface area contributed by atoms with Gasteiger partial charge in [0.25, 0.3) is 0 Å². The molecule has 3 nitrogen and oxygen atoms in total. The van der Waals surface area contributed by atoms with E-state index in [9.17, 15) is 13.0 Å². The average molecular weight is 265 g/mol. The summed E-state index contributed by atoms with van der Waals surface area (Å²) in [7, 11) is -4.05. The highest BCUT2D eigenvalue weighted by Crippen LogP contribution is 2.26. The van der Waals surface area contributed by atoms with E-state index in [1.807, 2.05) is 6.07 Å². The number of hydrogen-bond donors (Lipinski definition) is 0. The van der Waals surface area contributed by atoms with Crippen molar-refractivity contribution in [2.45, 2.75) is 32.1 Å². The van der Waals surface area contributed by atoms with Crippen LogP contribution < -0.4 is 0 Å². The van der Waals surface area contributed by atoms with Crippen molar-refractivity contribution in [3.63, 3.8) is 0 Å². The molecule has 0 radical (unpaired) electrons. The number of aryl methyl sites for hydroxylation is 1. The van der Waals surface area contributed by atoms with Gasteiger partial charge in [-0.25, -0.2) is 8.42 Å². The van der Waals surface area contributed by atoms with Gasteiger partial charge < -0.3 is 4.55 Å². The normalized spacial score (nSPS) is 15.1. The molecular weight excluding hydrogens is 248 g/mol. The molecule has 0 atom stereocenters. The van der Waals surface area contributed by atoms with Gasteiger partial charge in [-0.15, -0.1) is 0 Å². The Morgan fingerprint density at radius 1 is 1.11 bits per heavy atom. The van der Waals surface area contributed by atoms with Crippen LogP contribution in [0.5, 0.6) is 0 Å². The van der Waals surface area contributed by atoms with Gasteiger partial charge >= 0.3 is 0 Å². The summed E-state index contributed by atoms with van der Waals surface area (Å²) < 4.78 is 31.4. The topological polar surface area (TPSA) is 57.2 Å². The number of benzene rings is 1. The predicted molar refractivity (Wildman–Crippen MR) is 71.2 cm³/mol. The lowest BCUT2D eigenvalue weighted by Crippen LogP contribution is -2.04. The maximum Gasteiger partial charge on any atom is 0.0945 e. The first-order valence-electron chi connectivity index (χ1n) is 6.25. The van der Waals surface area contributed by atoms with Crippen LogP contribution >= 0.6 is 0 Å². The maximum absolute atomic E-state index is 10.5. The zero-order chi connectivity index (χ0) is 13.0. The summed E-state index contributed by atoms with van der Waals surface area (Å²) in [4.78, 5) is 0. The molecule has 0 aromatic heterocycles. The van der Waals surface area contributed by atoms with Crippen LogP contribution in [0.4, 0.5) is 0 Å². The largest absolute Gasteiger partial charge is 0.748 e. The molecule has 0 fully saturated rings. The molecule has 2 rings (SSSR count). The molecule has 98 valence electrons. The van der Waals surface area contributed by atoms with Crippen molar-refractivity contribution in [1.29, 1.82) is 0 Å². The van der Waals surface area contributed by atoms with E-state index in [0.717, 1.165) is 25.7 Å². The Labute approximate surface area is 108 Å². The second kappa shape index (κ2) is 5.67. The molecule has 0 spiro atoms. The summed E-state index contributed by atoms with van der Waals surface area (Å²) in [6.07, 6.45) is 6.43. The van der Waals surface area contributed by atoms with Gasteiger partial charge in [-0.1, -0.05) is 35.9 Å². The average Bonchev–Trinajstić information content (AvgIpc) is 2.33. The molecular formula is C14H17O3S-. The lowest BCUT2D eigenvalue weighted by atomic mass is 9.90. The molecule has 0 bridgehead atoms. The van der Waals surface area contributed by atoms with Crippen LogP contribution in [-0.4, -0.2) is 18.7 Å². The molecule has 0 saturated heterocycles. The van der Waals surface area contributed by atoms with Gasteiger partial charge in [0.05, 0.1) is 10.1 Å². The van der Waals surface area contributed by atoms with Crippen molar-refractivity contribution in [2.75, 3.05) is 5.75 Å². The van der Waals surface area contributed by atoms with Crippen LogP contribution in [0.25, 0.3) is 6.08 Å². The highest BCUT2D eigenvalue weighted by molar-refractivity contribution is 7.85. The standard InChI is InChI=1S/C14H18O3S/c15-18(16,17)10-4-3-5-12-8-9-13-6-1-2-7-14(13)11-12/h1-2,6-7,11H,3-5,8-10H2,(H,15,16,17)/p-1. The first-order valence-corrected chi connectivity index (χ1v) is 7.83. The van der Waals surface area contributed by atoms with Crippen molar-refractivity contribution in [3.05, 3.63) is 41.0 Å². The van der Waals surface area contributed by atoms with E-state index < -0.39 is 10.1 Å². The fourth-order valence-corrected chi connectivity index (χ4v) is 2.88. The number of rotatable bonds is 5. The third kappa shape index (κ3) is 3.96. The third-order valence-electron chi connectivity index (χ3n) is 3.27. The van der Waals surface area contributed by atoms with Crippen molar-refractivity contribution >= 4 is 16.2 Å². The van der Waals surface area contributed by atoms with Gasteiger partial charge in [-0.05, 0) is 43.2 Å². The van der Waals surface area contributed by atoms with E-state index in [-0.39, 0.29) is 5.75 Å². The van der Waals surface area contributed by atoms with Gasteiger partial charge in [0.1, 0.15) is 0 Å². The molecule has 0 heterocycles. The highest BCUT2D eigenvalue weighted by atomic mass is 32.2. The molecule has 0 saturated carbocycles. The SMILES string of the molecule is O=S(=O)([O-])CCCCC1=Cc2ccccc2CC1. The first-order chi connectivity index (χ1) is 8.54. The van der Waals surface area contributed by atoms with Gasteiger partial charge in [-0.3, -0.25) is 0 Å². The van der Waals surface area contributed by atoms with Crippen LogP contribution in [0.2, 0.25) is 0 Å². The quantitative estimate of drug-likeness (QED) is 0.607. The highest BCUT2D eigenvalue weighted by Gasteiger charge is 2.09. The molecule has 1 aliphatic carbocycles. The molecule has 0 aliphatic heterocycles. The van der Waals surface area contributed by atoms with Crippen LogP contribution in [-0.2, 0) is 16.5 Å². The Balaban J connectivity index is 1.87. The minimum atomic E-state index is -4.05. The fraction of sp³-hybridized carbons (Fsp3) is 0.429. The second-order valence-corrected chi connectivity index (χ2v) is 6.24. The van der Waals surface area contributed by atoms with Gasteiger partial charge in [0, 0.05) is 5.75 Å². The van der Waals surface area contributed by atoms with E-state index in [4.69, 9.17) is 0 Å². The van der Waals surface area contributed by atoms with E-state index in [2.05, 4.69) is 24.3 Å². The lowest BCUT2D eigenvalue weighted by Gasteiger charge is -2.16. The molecule has 0 amide bonds. The van der Waals surface area contributed by atoms with Crippen LogP contribution in [0.3, 0.4) is 0 Å². The zero-order valence-electron chi connectivity index (χ0n) is 10.3. The number of unbranched alkanes of at least 4 members (excludes halogenated alkanes) is 1. The van der Waals surface area contributed by atoms with Crippen molar-refractivity contribution in [3.8, 4) is 0 Å². The Morgan fingerprint density at radius 2 is 1.89 bits per heavy atom. The molecule has 4 heteroatoms. The predicted octanol–water partition coefficient (Wildman–Crippen LogP) is 2.73. The zero-order valence-corrected chi connectivity index (χ0v) is 11.1. The first kappa shape index (κ1) is 13.3. The van der Waals surface area contributed by atoms with E-state index in [1.165, 1.54) is 16.7 Å². The Hall–Kier alpha value is -1.13. The molecule has 18 heavy (non-hydrogen) atoms. The van der Waals surface area contributed by atoms with E-state index in [1.54, 1.807) is 0 Å². The molecule has 1 aliphatic rings. The maximum atomic E-state index is 10.5. The summed E-state index contributed by atoms with van der Waals surface area (Å²) in [6.45, 7) is 0. The Bertz CT molecular complexity index is 544. The smallest absolute Gasteiger partial charge is 0.0945 e. The minimum Gasteiger partial charge on any atom is -0.748 e. The van der Waals surface area contributed by atoms with Gasteiger partial charge in [0.2, 0.25) is 0 Å². The monoisotopic (exact) mass is 265 g/mol. The second-order valence-electron chi connectivity index (χ2n) is 4.72. The number of hydrogen-bond acceptors (Lipinski definition) is 3. The number of fused-ring (bicyclic) bond motifs is 1. The van der Waals surface area contributed by atoms with Gasteiger partial charge in [0.15, 0.2) is 0 Å². The summed E-state index contributed by atoms with van der Waals surface area (Å²) in [5.74, 6) is -0.239. The van der Waals surface area contributed by atoms with Crippen LogP contribution in [0.15, 0.2) is 29.8 Å². The van der Waals surface area contributed by atoms with E-state index >= 15 is 0 Å². The fourth-order valence-electron chi connectivity index (χ4n) is 2.32. The molecule has 0 unspecified atom stereocenters. The molecule has 1 aromatic rings. The van der Waals surface area contributed by atoms with Crippen LogP contribution in [0, 0.1) is 0 Å². The summed E-state index contributed by atoms with van der Waals surface area (Å²) in [6, 6.07) is 8.34. The summed E-state index contributed by atoms with van der Waals surface area (Å²) >= 11 is 0. The number of allylic oxidation sites excluding steroid dienone is 1. The Kier molecular flexibility index (Phi) is 4.19. The van der Waals surface area contributed by atoms with E-state index in [0.29, 0.717) is 6.42 Å². The van der Waals surface area contributed by atoms with Crippen molar-refractivity contribution in [2.24, 2.45) is 0 Å². The summed E-state index contributed by atoms with van der Waals surface area (Å²) in [5, 5.41) is 0. The summed E-state index contributed by atoms with van der Waals surface area (Å²) in [5.41, 5.74) is 4.01. The van der Waals surface area contributed by atoms with Crippen molar-refractivity contribution in [1.82, 2.24) is 0 Å². The van der Waals surface area contributed by atoms with Crippen LogP contribution in [0.1, 0.15) is 36.8 Å². The van der Waals surface area contributed by atoms with Crippen molar-refractivity contribution < 1.29 is 13.0 Å².